The molecule has 126 valence electrons. The highest BCUT2D eigenvalue weighted by Gasteiger charge is 2.26. The van der Waals surface area contributed by atoms with Crippen LogP contribution >= 0.6 is 0 Å². The first kappa shape index (κ1) is 16.3. The maximum Gasteiger partial charge on any atom is 0.234 e. The lowest BCUT2D eigenvalue weighted by Gasteiger charge is -2.33. The zero-order valence-corrected chi connectivity index (χ0v) is 13.7. The summed E-state index contributed by atoms with van der Waals surface area (Å²) in [6.07, 6.45) is 2.67. The number of fused-ring (bicyclic) bond motifs is 1. The molecule has 2 N–H and O–H groups in total. The van der Waals surface area contributed by atoms with Gasteiger partial charge in [0.05, 0.1) is 19.2 Å². The number of aliphatic hydroxyl groups excluding tert-OH is 1. The molecular weight excluding hydrogens is 292 g/mol. The number of ether oxygens (including phenoxy) is 1. The number of carbonyl (C=O) groups excluding carboxylic acids is 1. The average Bonchev–Trinajstić information content (AvgIpc) is 2.96. The van der Waals surface area contributed by atoms with Crippen molar-refractivity contribution in [3.63, 3.8) is 0 Å². The molecule has 1 aromatic rings. The molecule has 1 amide bonds. The predicted octanol–water partition coefficient (Wildman–Crippen LogP) is 1.20. The van der Waals surface area contributed by atoms with Gasteiger partial charge in [0.1, 0.15) is 11.9 Å². The van der Waals surface area contributed by atoms with Crippen molar-refractivity contribution in [1.29, 1.82) is 0 Å². The molecule has 2 aliphatic heterocycles. The number of likely N-dealkylation sites (tertiary alicyclic amines) is 1. The number of para-hydroxylation sites is 1. The van der Waals surface area contributed by atoms with Crippen molar-refractivity contribution in [2.75, 3.05) is 26.2 Å². The Labute approximate surface area is 137 Å². The fourth-order valence-corrected chi connectivity index (χ4v) is 3.48. The van der Waals surface area contributed by atoms with Gasteiger partial charge in [-0.3, -0.25) is 9.69 Å². The Morgan fingerprint density at radius 2 is 2.30 bits per heavy atom. The molecule has 23 heavy (non-hydrogen) atoms. The Morgan fingerprint density at radius 3 is 3.09 bits per heavy atom. The van der Waals surface area contributed by atoms with E-state index in [0.717, 1.165) is 38.1 Å². The van der Waals surface area contributed by atoms with Crippen molar-refractivity contribution in [2.24, 2.45) is 5.92 Å². The van der Waals surface area contributed by atoms with Crippen LogP contribution in [0.4, 0.5) is 0 Å². The maximum atomic E-state index is 12.1. The molecule has 1 fully saturated rings. The summed E-state index contributed by atoms with van der Waals surface area (Å²) >= 11 is 0. The Hall–Kier alpha value is -1.59. The van der Waals surface area contributed by atoms with E-state index < -0.39 is 0 Å². The molecular formula is C18H26N2O3. The van der Waals surface area contributed by atoms with E-state index in [1.807, 2.05) is 25.1 Å². The van der Waals surface area contributed by atoms with Gasteiger partial charge in [0.2, 0.25) is 5.91 Å². The van der Waals surface area contributed by atoms with Crippen molar-refractivity contribution >= 4 is 5.91 Å². The van der Waals surface area contributed by atoms with Gasteiger partial charge in [0, 0.05) is 13.0 Å². The fraction of sp³-hybridized carbons (Fsp3) is 0.611. The monoisotopic (exact) mass is 318 g/mol. The molecule has 0 bridgehead atoms. The summed E-state index contributed by atoms with van der Waals surface area (Å²) in [6.45, 7) is 4.52. The third kappa shape index (κ3) is 4.24. The SMILES string of the molecule is CC(O)C1CCCN(CC(=O)NCC2Cc3ccccc3O2)C1. The minimum absolute atomic E-state index is 0.0305. The van der Waals surface area contributed by atoms with Crippen LogP contribution in [0.1, 0.15) is 25.3 Å². The maximum absolute atomic E-state index is 12.1. The minimum atomic E-state index is -0.300. The Bertz CT molecular complexity index is 522. The number of amides is 1. The van der Waals surface area contributed by atoms with Gasteiger partial charge in [-0.05, 0) is 43.9 Å². The highest BCUT2D eigenvalue weighted by molar-refractivity contribution is 5.78. The molecule has 5 nitrogen and oxygen atoms in total. The van der Waals surface area contributed by atoms with Crippen molar-refractivity contribution in [2.45, 2.75) is 38.4 Å². The Balaban J connectivity index is 1.40. The standard InChI is InChI=1S/C18H26N2O3/c1-13(21)15-6-4-8-20(11-15)12-18(22)19-10-16-9-14-5-2-3-7-17(14)23-16/h2-3,5,7,13,15-16,21H,4,6,8-12H2,1H3,(H,19,22). The van der Waals surface area contributed by atoms with Gasteiger partial charge in [0.15, 0.2) is 0 Å². The Morgan fingerprint density at radius 1 is 1.48 bits per heavy atom. The second-order valence-corrected chi connectivity index (χ2v) is 6.73. The van der Waals surface area contributed by atoms with Crippen molar-refractivity contribution in [1.82, 2.24) is 10.2 Å². The molecule has 0 aliphatic carbocycles. The first-order valence-electron chi connectivity index (χ1n) is 8.53. The number of hydrogen-bond acceptors (Lipinski definition) is 4. The first-order chi connectivity index (χ1) is 11.1. The third-order valence-corrected chi connectivity index (χ3v) is 4.83. The summed E-state index contributed by atoms with van der Waals surface area (Å²) in [7, 11) is 0. The lowest BCUT2D eigenvalue weighted by molar-refractivity contribution is -0.123. The number of nitrogens with one attached hydrogen (secondary N) is 1. The second-order valence-electron chi connectivity index (χ2n) is 6.73. The van der Waals surface area contributed by atoms with E-state index in [1.54, 1.807) is 0 Å². The van der Waals surface area contributed by atoms with Gasteiger partial charge in [-0.2, -0.15) is 0 Å². The molecule has 5 heteroatoms. The van der Waals surface area contributed by atoms with Crippen LogP contribution in [0.3, 0.4) is 0 Å². The van der Waals surface area contributed by atoms with E-state index in [9.17, 15) is 9.90 Å². The highest BCUT2D eigenvalue weighted by Crippen LogP contribution is 2.27. The van der Waals surface area contributed by atoms with E-state index in [4.69, 9.17) is 4.74 Å². The number of hydrogen-bond donors (Lipinski definition) is 2. The molecule has 0 saturated carbocycles. The summed E-state index contributed by atoms with van der Waals surface area (Å²) < 4.78 is 5.83. The van der Waals surface area contributed by atoms with E-state index in [2.05, 4.69) is 16.3 Å². The lowest BCUT2D eigenvalue weighted by Crippen LogP contribution is -2.46. The van der Waals surface area contributed by atoms with E-state index >= 15 is 0 Å². The zero-order valence-electron chi connectivity index (χ0n) is 13.7. The number of nitrogens with zero attached hydrogens (tertiary/aromatic N) is 1. The molecule has 0 radical (unpaired) electrons. The number of rotatable bonds is 5. The summed E-state index contributed by atoms with van der Waals surface area (Å²) in [5, 5.41) is 12.7. The van der Waals surface area contributed by atoms with Crippen LogP contribution in [0.15, 0.2) is 24.3 Å². The van der Waals surface area contributed by atoms with Crippen LogP contribution in [0.25, 0.3) is 0 Å². The summed E-state index contributed by atoms with van der Waals surface area (Å²) in [4.78, 5) is 14.3. The van der Waals surface area contributed by atoms with Gasteiger partial charge < -0.3 is 15.2 Å². The molecule has 3 atom stereocenters. The second kappa shape index (κ2) is 7.32. The molecule has 1 aromatic carbocycles. The van der Waals surface area contributed by atoms with Crippen LogP contribution in [-0.4, -0.2) is 54.3 Å². The quantitative estimate of drug-likeness (QED) is 0.856. The topological polar surface area (TPSA) is 61.8 Å². The van der Waals surface area contributed by atoms with Crippen molar-refractivity contribution in [3.05, 3.63) is 29.8 Å². The zero-order chi connectivity index (χ0) is 16.2. The molecule has 0 aromatic heterocycles. The van der Waals surface area contributed by atoms with Crippen LogP contribution < -0.4 is 10.1 Å². The van der Waals surface area contributed by atoms with Gasteiger partial charge in [-0.1, -0.05) is 18.2 Å². The van der Waals surface area contributed by atoms with Crippen LogP contribution in [0.2, 0.25) is 0 Å². The van der Waals surface area contributed by atoms with E-state index in [1.165, 1.54) is 5.56 Å². The predicted molar refractivity (Wildman–Crippen MR) is 88.4 cm³/mol. The Kier molecular flexibility index (Phi) is 5.18. The lowest BCUT2D eigenvalue weighted by atomic mass is 9.93. The smallest absolute Gasteiger partial charge is 0.234 e. The minimum Gasteiger partial charge on any atom is -0.488 e. The van der Waals surface area contributed by atoms with Gasteiger partial charge in [0.25, 0.3) is 0 Å². The summed E-state index contributed by atoms with van der Waals surface area (Å²) in [5.74, 6) is 1.25. The van der Waals surface area contributed by atoms with Gasteiger partial charge >= 0.3 is 0 Å². The molecule has 3 unspecified atom stereocenters. The number of piperidine rings is 1. The summed E-state index contributed by atoms with van der Waals surface area (Å²) in [5.41, 5.74) is 1.21. The molecule has 1 saturated heterocycles. The van der Waals surface area contributed by atoms with Crippen LogP contribution in [0.5, 0.6) is 5.75 Å². The van der Waals surface area contributed by atoms with E-state index in [-0.39, 0.29) is 24.0 Å². The third-order valence-electron chi connectivity index (χ3n) is 4.83. The van der Waals surface area contributed by atoms with Crippen LogP contribution in [0, 0.1) is 5.92 Å². The number of aliphatic hydroxyl groups is 1. The highest BCUT2D eigenvalue weighted by atomic mass is 16.5. The molecule has 2 heterocycles. The molecule has 2 aliphatic rings. The largest absolute Gasteiger partial charge is 0.488 e. The van der Waals surface area contributed by atoms with Crippen molar-refractivity contribution in [3.8, 4) is 5.75 Å². The van der Waals surface area contributed by atoms with Crippen molar-refractivity contribution < 1.29 is 14.6 Å². The normalized spacial score (nSPS) is 25.5. The number of benzene rings is 1. The summed E-state index contributed by atoms with van der Waals surface area (Å²) in [6, 6.07) is 8.02. The van der Waals surface area contributed by atoms with Gasteiger partial charge in [-0.15, -0.1) is 0 Å². The molecule has 0 spiro atoms. The first-order valence-corrected chi connectivity index (χ1v) is 8.53. The van der Waals surface area contributed by atoms with Gasteiger partial charge in [-0.25, -0.2) is 0 Å². The van der Waals surface area contributed by atoms with Crippen LogP contribution in [-0.2, 0) is 11.2 Å². The number of carbonyl (C=O) groups is 1. The average molecular weight is 318 g/mol. The molecule has 3 rings (SSSR count). The fourth-order valence-electron chi connectivity index (χ4n) is 3.48. The van der Waals surface area contributed by atoms with E-state index in [0.29, 0.717) is 13.1 Å².